The number of rotatable bonds is 3. The Hall–Kier alpha value is -0.700. The van der Waals surface area contributed by atoms with Gasteiger partial charge in [0.25, 0.3) is 0 Å². The zero-order valence-electron chi connectivity index (χ0n) is 7.15. The molecule has 0 nitrogen and oxygen atoms in total. The maximum Gasteiger partial charge on any atom is 0.0117 e. The van der Waals surface area contributed by atoms with Gasteiger partial charge < -0.3 is 0 Å². The van der Waals surface area contributed by atoms with Crippen LogP contribution >= 0.6 is 0 Å². The molecular weight excluding hydrogens is 120 g/mol. The molecule has 0 aliphatic rings. The highest BCUT2D eigenvalue weighted by Crippen LogP contribution is 2.06. The Morgan fingerprint density at radius 1 is 1.50 bits per heavy atom. The van der Waals surface area contributed by atoms with Crippen LogP contribution in [0.25, 0.3) is 0 Å². The normalized spacial score (nSPS) is 12.7. The molecule has 0 amide bonds. The summed E-state index contributed by atoms with van der Waals surface area (Å²) in [6.45, 7) is 6.17. The molecule has 0 aromatic rings. The second kappa shape index (κ2) is 6.42. The average Bonchev–Trinajstić information content (AvgIpc) is 1.97. The van der Waals surface area contributed by atoms with Crippen LogP contribution < -0.4 is 0 Å². The molecule has 0 aromatic carbocycles. The van der Waals surface area contributed by atoms with E-state index in [9.17, 15) is 0 Å². The van der Waals surface area contributed by atoms with Gasteiger partial charge in [-0.25, -0.2) is 0 Å². The molecule has 0 saturated heterocycles. The monoisotopic (exact) mass is 136 g/mol. The Labute approximate surface area is 64.3 Å². The van der Waals surface area contributed by atoms with E-state index in [1.807, 2.05) is 6.92 Å². The molecule has 0 aliphatic heterocycles. The van der Waals surface area contributed by atoms with Gasteiger partial charge in [-0.3, -0.25) is 0 Å². The van der Waals surface area contributed by atoms with Crippen molar-refractivity contribution in [3.8, 4) is 11.8 Å². The van der Waals surface area contributed by atoms with Gasteiger partial charge in [0, 0.05) is 6.42 Å². The molecule has 56 valence electrons. The molecule has 0 radical (unpaired) electrons. The summed E-state index contributed by atoms with van der Waals surface area (Å²) in [5.41, 5.74) is 0. The first kappa shape index (κ1) is 9.30. The Balaban J connectivity index is 3.40. The van der Waals surface area contributed by atoms with E-state index in [2.05, 4.69) is 37.8 Å². The third kappa shape index (κ3) is 5.44. The smallest absolute Gasteiger partial charge is 0.0117 e. The van der Waals surface area contributed by atoms with Crippen LogP contribution in [0.15, 0.2) is 12.2 Å². The number of allylic oxidation sites excluding steroid dienone is 2. The predicted molar refractivity (Wildman–Crippen MR) is 46.7 cm³/mol. The summed E-state index contributed by atoms with van der Waals surface area (Å²) in [5, 5.41) is 0. The van der Waals surface area contributed by atoms with E-state index in [1.165, 1.54) is 0 Å². The zero-order valence-corrected chi connectivity index (χ0v) is 7.15. The van der Waals surface area contributed by atoms with Crippen LogP contribution in [-0.4, -0.2) is 0 Å². The van der Waals surface area contributed by atoms with E-state index in [1.54, 1.807) is 0 Å². The van der Waals surface area contributed by atoms with E-state index < -0.39 is 0 Å². The van der Waals surface area contributed by atoms with Crippen LogP contribution in [0.5, 0.6) is 0 Å². The Kier molecular flexibility index (Phi) is 5.97. The molecule has 0 bridgehead atoms. The molecule has 1 atom stereocenters. The zero-order chi connectivity index (χ0) is 7.82. The molecule has 0 fully saturated rings. The molecular formula is C10H16. The van der Waals surface area contributed by atoms with Crippen LogP contribution in [0.2, 0.25) is 0 Å². The average molecular weight is 136 g/mol. The summed E-state index contributed by atoms with van der Waals surface area (Å²) in [4.78, 5) is 0. The standard InChI is InChI=1S/C10H16/c1-4-6-8-10(3)9-7-5-2/h4,6,10H,8-9H2,1-3H3/b6-4+. The minimum absolute atomic E-state index is 0.712. The van der Waals surface area contributed by atoms with Crippen molar-refractivity contribution in [2.45, 2.75) is 33.6 Å². The lowest BCUT2D eigenvalue weighted by atomic mass is 10.0. The second-order valence-corrected chi connectivity index (χ2v) is 2.54. The summed E-state index contributed by atoms with van der Waals surface area (Å²) in [5.74, 6) is 6.69. The van der Waals surface area contributed by atoms with Gasteiger partial charge in [0.2, 0.25) is 0 Å². The highest BCUT2D eigenvalue weighted by molar-refractivity contribution is 4.96. The SMILES string of the molecule is CC#CCC(C)C/C=C/C. The quantitative estimate of drug-likeness (QED) is 0.413. The first-order chi connectivity index (χ1) is 4.81. The van der Waals surface area contributed by atoms with E-state index >= 15 is 0 Å². The highest BCUT2D eigenvalue weighted by Gasteiger charge is 1.94. The fourth-order valence-corrected chi connectivity index (χ4v) is 0.728. The first-order valence-corrected chi connectivity index (χ1v) is 3.82. The van der Waals surface area contributed by atoms with Crippen LogP contribution in [0.4, 0.5) is 0 Å². The molecule has 0 rings (SSSR count). The highest BCUT2D eigenvalue weighted by atomic mass is 14.0. The summed E-state index contributed by atoms with van der Waals surface area (Å²) >= 11 is 0. The van der Waals surface area contributed by atoms with Crippen molar-refractivity contribution in [1.29, 1.82) is 0 Å². The molecule has 1 unspecified atom stereocenters. The first-order valence-electron chi connectivity index (χ1n) is 3.82. The lowest BCUT2D eigenvalue weighted by Gasteiger charge is -2.00. The van der Waals surface area contributed by atoms with Gasteiger partial charge in [-0.15, -0.1) is 11.8 Å². The Morgan fingerprint density at radius 2 is 2.20 bits per heavy atom. The molecule has 0 saturated carbocycles. The van der Waals surface area contributed by atoms with E-state index in [4.69, 9.17) is 0 Å². The largest absolute Gasteiger partial charge is 0.107 e. The molecule has 0 aliphatic carbocycles. The van der Waals surface area contributed by atoms with Gasteiger partial charge in [-0.1, -0.05) is 19.1 Å². The molecule has 0 aromatic heterocycles. The third-order valence-corrected chi connectivity index (χ3v) is 1.40. The molecule has 10 heavy (non-hydrogen) atoms. The number of hydrogen-bond acceptors (Lipinski definition) is 0. The van der Waals surface area contributed by atoms with Gasteiger partial charge in [0.05, 0.1) is 0 Å². The van der Waals surface area contributed by atoms with E-state index in [0.717, 1.165) is 12.8 Å². The van der Waals surface area contributed by atoms with Crippen molar-refractivity contribution in [3.05, 3.63) is 12.2 Å². The molecule has 0 heterocycles. The lowest BCUT2D eigenvalue weighted by Crippen LogP contribution is -1.88. The third-order valence-electron chi connectivity index (χ3n) is 1.40. The Bertz CT molecular complexity index is 143. The molecule has 0 heteroatoms. The van der Waals surface area contributed by atoms with Gasteiger partial charge in [0.1, 0.15) is 0 Å². The number of hydrogen-bond donors (Lipinski definition) is 0. The van der Waals surface area contributed by atoms with Crippen LogP contribution in [0.3, 0.4) is 0 Å². The van der Waals surface area contributed by atoms with Crippen molar-refractivity contribution in [2.75, 3.05) is 0 Å². The minimum Gasteiger partial charge on any atom is -0.107 e. The van der Waals surface area contributed by atoms with Gasteiger partial charge >= 0.3 is 0 Å². The second-order valence-electron chi connectivity index (χ2n) is 2.54. The molecule has 0 N–H and O–H groups in total. The maximum absolute atomic E-state index is 3.07. The van der Waals surface area contributed by atoms with Gasteiger partial charge in [-0.2, -0.15) is 0 Å². The van der Waals surface area contributed by atoms with Crippen molar-refractivity contribution in [2.24, 2.45) is 5.92 Å². The summed E-state index contributed by atoms with van der Waals surface area (Å²) in [6.07, 6.45) is 6.48. The minimum atomic E-state index is 0.712. The van der Waals surface area contributed by atoms with Gasteiger partial charge in [0.15, 0.2) is 0 Å². The Morgan fingerprint density at radius 3 is 2.70 bits per heavy atom. The lowest BCUT2D eigenvalue weighted by molar-refractivity contribution is 0.612. The maximum atomic E-state index is 3.07. The predicted octanol–water partition coefficient (Wildman–Crippen LogP) is 3.00. The van der Waals surface area contributed by atoms with Crippen molar-refractivity contribution in [3.63, 3.8) is 0 Å². The van der Waals surface area contributed by atoms with Crippen molar-refractivity contribution < 1.29 is 0 Å². The van der Waals surface area contributed by atoms with Crippen LogP contribution in [-0.2, 0) is 0 Å². The van der Waals surface area contributed by atoms with E-state index in [0.29, 0.717) is 5.92 Å². The summed E-state index contributed by atoms with van der Waals surface area (Å²) in [7, 11) is 0. The van der Waals surface area contributed by atoms with Crippen LogP contribution in [0.1, 0.15) is 33.6 Å². The van der Waals surface area contributed by atoms with Crippen LogP contribution in [0, 0.1) is 17.8 Å². The van der Waals surface area contributed by atoms with Gasteiger partial charge in [-0.05, 0) is 26.2 Å². The molecule has 0 spiro atoms. The topological polar surface area (TPSA) is 0 Å². The summed E-state index contributed by atoms with van der Waals surface area (Å²) in [6, 6.07) is 0. The fourth-order valence-electron chi connectivity index (χ4n) is 0.728. The summed E-state index contributed by atoms with van der Waals surface area (Å²) < 4.78 is 0. The fraction of sp³-hybridized carbons (Fsp3) is 0.600. The van der Waals surface area contributed by atoms with E-state index in [-0.39, 0.29) is 0 Å². The van der Waals surface area contributed by atoms with Crippen molar-refractivity contribution >= 4 is 0 Å². The van der Waals surface area contributed by atoms with Crippen molar-refractivity contribution in [1.82, 2.24) is 0 Å².